The van der Waals surface area contributed by atoms with E-state index in [2.05, 4.69) is 4.98 Å². The fourth-order valence-electron chi connectivity index (χ4n) is 2.05. The highest BCUT2D eigenvalue weighted by Crippen LogP contribution is 2.34. The molecule has 2 heterocycles. The molecule has 1 aliphatic rings. The number of benzene rings is 1. The maximum Gasteiger partial charge on any atom is 0.332 e. The monoisotopic (exact) mass is 267 g/mol. The predicted octanol–water partition coefficient (Wildman–Crippen LogP) is 2.79. The summed E-state index contributed by atoms with van der Waals surface area (Å²) in [6, 6.07) is 5.16. The van der Waals surface area contributed by atoms with Crippen LogP contribution >= 0.6 is 11.6 Å². The molecule has 2 unspecified atom stereocenters. The number of ether oxygens (including phenoxy) is 1. The van der Waals surface area contributed by atoms with Crippen LogP contribution in [0.5, 0.6) is 0 Å². The third-order valence-electron chi connectivity index (χ3n) is 2.94. The van der Waals surface area contributed by atoms with Gasteiger partial charge in [0.05, 0.1) is 0 Å². The molecule has 0 bridgehead atoms. The molecule has 6 heteroatoms. The zero-order valence-electron chi connectivity index (χ0n) is 9.30. The van der Waals surface area contributed by atoms with Crippen LogP contribution in [0.25, 0.3) is 11.1 Å². The molecule has 2 aromatic rings. The number of carboxylic acid groups (broad SMARTS) is 1. The van der Waals surface area contributed by atoms with Crippen molar-refractivity contribution in [2.45, 2.75) is 25.0 Å². The molecule has 1 fully saturated rings. The number of nitrogens with zero attached hydrogens (tertiary/aromatic N) is 1. The van der Waals surface area contributed by atoms with Gasteiger partial charge >= 0.3 is 5.97 Å². The molecule has 94 valence electrons. The number of hydrogen-bond donors (Lipinski definition) is 1. The summed E-state index contributed by atoms with van der Waals surface area (Å²) in [5.74, 6) is -0.535. The molecule has 0 saturated carbocycles. The van der Waals surface area contributed by atoms with Crippen molar-refractivity contribution >= 4 is 28.7 Å². The fraction of sp³-hybridized carbons (Fsp3) is 0.333. The lowest BCUT2D eigenvalue weighted by Gasteiger charge is -2.06. The van der Waals surface area contributed by atoms with E-state index in [4.69, 9.17) is 25.9 Å². The summed E-state index contributed by atoms with van der Waals surface area (Å²) in [4.78, 5) is 15.1. The standard InChI is InChI=1S/C12H10ClNO4/c13-6-1-2-7-10(5-6)18-11(14-7)8-3-4-9(17-8)12(15)16/h1-2,5,8-9H,3-4H2,(H,15,16). The largest absolute Gasteiger partial charge is 0.479 e. The number of carboxylic acids is 1. The van der Waals surface area contributed by atoms with Crippen molar-refractivity contribution in [1.82, 2.24) is 4.98 Å². The molecule has 3 rings (SSSR count). The Morgan fingerprint density at radius 3 is 3.00 bits per heavy atom. The second-order valence-electron chi connectivity index (χ2n) is 4.19. The second kappa shape index (κ2) is 4.26. The Morgan fingerprint density at radius 2 is 2.28 bits per heavy atom. The quantitative estimate of drug-likeness (QED) is 0.906. The summed E-state index contributed by atoms with van der Waals surface area (Å²) in [5.41, 5.74) is 1.27. The maximum atomic E-state index is 10.8. The Bertz CT molecular complexity index is 609. The van der Waals surface area contributed by atoms with Crippen molar-refractivity contribution in [3.63, 3.8) is 0 Å². The van der Waals surface area contributed by atoms with Crippen molar-refractivity contribution in [2.24, 2.45) is 0 Å². The van der Waals surface area contributed by atoms with Crippen LogP contribution < -0.4 is 0 Å². The van der Waals surface area contributed by atoms with E-state index in [0.29, 0.717) is 34.9 Å². The van der Waals surface area contributed by atoms with E-state index in [9.17, 15) is 4.79 Å². The Morgan fingerprint density at radius 1 is 1.44 bits per heavy atom. The van der Waals surface area contributed by atoms with Crippen molar-refractivity contribution in [3.8, 4) is 0 Å². The fourth-order valence-corrected chi connectivity index (χ4v) is 2.22. The molecule has 5 nitrogen and oxygen atoms in total. The summed E-state index contributed by atoms with van der Waals surface area (Å²) in [6.07, 6.45) is -0.0948. The average molecular weight is 268 g/mol. The molecule has 0 amide bonds. The molecular weight excluding hydrogens is 258 g/mol. The maximum absolute atomic E-state index is 10.8. The number of carbonyl (C=O) groups is 1. The highest BCUT2D eigenvalue weighted by molar-refractivity contribution is 6.31. The van der Waals surface area contributed by atoms with E-state index in [1.54, 1.807) is 18.2 Å². The molecule has 1 saturated heterocycles. The van der Waals surface area contributed by atoms with E-state index in [1.807, 2.05) is 0 Å². The van der Waals surface area contributed by atoms with Gasteiger partial charge in [-0.15, -0.1) is 0 Å². The Kier molecular flexibility index (Phi) is 2.72. The zero-order chi connectivity index (χ0) is 12.7. The van der Waals surface area contributed by atoms with Crippen molar-refractivity contribution in [2.75, 3.05) is 0 Å². The van der Waals surface area contributed by atoms with E-state index in [0.717, 1.165) is 0 Å². The smallest absolute Gasteiger partial charge is 0.332 e. The van der Waals surface area contributed by atoms with Gasteiger partial charge in [-0.1, -0.05) is 11.6 Å². The molecule has 0 radical (unpaired) electrons. The Labute approximate surface area is 107 Å². The van der Waals surface area contributed by atoms with Gasteiger partial charge in [-0.3, -0.25) is 0 Å². The lowest BCUT2D eigenvalue weighted by atomic mass is 10.2. The number of aliphatic carboxylic acids is 1. The number of oxazole rings is 1. The van der Waals surface area contributed by atoms with Crippen LogP contribution in [0.3, 0.4) is 0 Å². The van der Waals surface area contributed by atoms with E-state index in [1.165, 1.54) is 0 Å². The minimum absolute atomic E-state index is 0.391. The first-order chi connectivity index (χ1) is 8.63. The van der Waals surface area contributed by atoms with Gasteiger partial charge in [0.15, 0.2) is 11.7 Å². The van der Waals surface area contributed by atoms with Gasteiger partial charge in [0, 0.05) is 11.1 Å². The first-order valence-corrected chi connectivity index (χ1v) is 5.95. The van der Waals surface area contributed by atoms with Gasteiger partial charge in [-0.05, 0) is 25.0 Å². The summed E-state index contributed by atoms with van der Waals surface area (Å²) in [6.45, 7) is 0. The third-order valence-corrected chi connectivity index (χ3v) is 3.17. The van der Waals surface area contributed by atoms with E-state index >= 15 is 0 Å². The van der Waals surface area contributed by atoms with Crippen LogP contribution in [-0.2, 0) is 9.53 Å². The topological polar surface area (TPSA) is 72.6 Å². The van der Waals surface area contributed by atoms with Gasteiger partial charge in [0.1, 0.15) is 11.6 Å². The van der Waals surface area contributed by atoms with Crippen molar-refractivity contribution < 1.29 is 19.1 Å². The number of rotatable bonds is 2. The van der Waals surface area contributed by atoms with Crippen molar-refractivity contribution in [3.05, 3.63) is 29.1 Å². The molecule has 1 aromatic carbocycles. The predicted molar refractivity (Wildman–Crippen MR) is 63.5 cm³/mol. The molecule has 2 atom stereocenters. The van der Waals surface area contributed by atoms with Gasteiger partial charge in [-0.2, -0.15) is 0 Å². The number of fused-ring (bicyclic) bond motifs is 1. The summed E-state index contributed by atoms with van der Waals surface area (Å²) in [5, 5.41) is 9.43. The average Bonchev–Trinajstić information content (AvgIpc) is 2.93. The minimum atomic E-state index is -0.948. The SMILES string of the molecule is O=C(O)C1CCC(c2nc3ccc(Cl)cc3o2)O1. The van der Waals surface area contributed by atoms with E-state index in [-0.39, 0.29) is 0 Å². The van der Waals surface area contributed by atoms with E-state index < -0.39 is 18.2 Å². The number of halogens is 1. The molecule has 1 aromatic heterocycles. The van der Waals surface area contributed by atoms with Crippen molar-refractivity contribution in [1.29, 1.82) is 0 Å². The van der Waals surface area contributed by atoms with Gasteiger partial charge in [0.25, 0.3) is 0 Å². The minimum Gasteiger partial charge on any atom is -0.479 e. The first kappa shape index (κ1) is 11.5. The summed E-state index contributed by atoms with van der Waals surface area (Å²) in [7, 11) is 0. The van der Waals surface area contributed by atoms with Crippen LogP contribution in [0.1, 0.15) is 24.8 Å². The Hall–Kier alpha value is -1.59. The number of hydrogen-bond acceptors (Lipinski definition) is 4. The molecule has 1 aliphatic heterocycles. The molecule has 0 aliphatic carbocycles. The molecule has 1 N–H and O–H groups in total. The third kappa shape index (κ3) is 1.95. The van der Waals surface area contributed by atoms with Crippen LogP contribution in [0.4, 0.5) is 0 Å². The lowest BCUT2D eigenvalue weighted by Crippen LogP contribution is -2.18. The lowest BCUT2D eigenvalue weighted by molar-refractivity contribution is -0.149. The highest BCUT2D eigenvalue weighted by Gasteiger charge is 2.34. The van der Waals surface area contributed by atoms with Crippen LogP contribution in [0.15, 0.2) is 22.6 Å². The van der Waals surface area contributed by atoms with Gasteiger partial charge < -0.3 is 14.3 Å². The van der Waals surface area contributed by atoms with Gasteiger partial charge in [-0.25, -0.2) is 9.78 Å². The molecule has 0 spiro atoms. The number of aromatic nitrogens is 1. The summed E-state index contributed by atoms with van der Waals surface area (Å²) >= 11 is 5.86. The Balaban J connectivity index is 1.89. The van der Waals surface area contributed by atoms with Crippen LogP contribution in [-0.4, -0.2) is 22.2 Å². The van der Waals surface area contributed by atoms with Gasteiger partial charge in [0.2, 0.25) is 5.89 Å². The van der Waals surface area contributed by atoms with Crippen LogP contribution in [0, 0.1) is 0 Å². The van der Waals surface area contributed by atoms with Crippen LogP contribution in [0.2, 0.25) is 5.02 Å². The zero-order valence-corrected chi connectivity index (χ0v) is 10.1. The molecule has 18 heavy (non-hydrogen) atoms. The molecular formula is C12H10ClNO4. The second-order valence-corrected chi connectivity index (χ2v) is 4.63. The first-order valence-electron chi connectivity index (χ1n) is 5.58. The highest BCUT2D eigenvalue weighted by atomic mass is 35.5. The normalized spacial score (nSPS) is 23.6. The summed E-state index contributed by atoms with van der Waals surface area (Å²) < 4.78 is 10.9.